The zero-order valence-corrected chi connectivity index (χ0v) is 21.1. The van der Waals surface area contributed by atoms with Gasteiger partial charge in [0.2, 0.25) is 5.91 Å². The van der Waals surface area contributed by atoms with Crippen LogP contribution in [0.1, 0.15) is 30.6 Å². The maximum Gasteiger partial charge on any atom is 0.257 e. The van der Waals surface area contributed by atoms with Gasteiger partial charge in [-0.2, -0.15) is 0 Å². The fourth-order valence-corrected chi connectivity index (χ4v) is 4.19. The number of hydrogen-bond acceptors (Lipinski definition) is 5. The van der Waals surface area contributed by atoms with Crippen molar-refractivity contribution >= 4 is 17.6 Å². The summed E-state index contributed by atoms with van der Waals surface area (Å²) >= 11 is 0. The Labute approximate surface area is 215 Å². The molecule has 1 aromatic heterocycles. The molecule has 1 aliphatic rings. The first-order valence-electron chi connectivity index (χ1n) is 12.5. The highest BCUT2D eigenvalue weighted by atomic mass is 19.1. The molecule has 7 nitrogen and oxygen atoms in total. The normalized spacial score (nSPS) is 13.6. The summed E-state index contributed by atoms with van der Waals surface area (Å²) < 4.78 is 27.4. The molecule has 194 valence electrons. The fraction of sp³-hybridized carbons (Fsp3) is 0.357. The Kier molecular flexibility index (Phi) is 8.43. The first kappa shape index (κ1) is 26.2. The van der Waals surface area contributed by atoms with Gasteiger partial charge in [0, 0.05) is 38.3 Å². The second-order valence-corrected chi connectivity index (χ2v) is 9.54. The van der Waals surface area contributed by atoms with Crippen molar-refractivity contribution in [3.63, 3.8) is 0 Å². The molecular weight excluding hydrogens is 476 g/mol. The zero-order chi connectivity index (χ0) is 26.4. The summed E-state index contributed by atoms with van der Waals surface area (Å²) in [6, 6.07) is 15.6. The number of halogens is 2. The van der Waals surface area contributed by atoms with E-state index in [1.165, 1.54) is 35.2 Å². The topological polar surface area (TPSA) is 69.6 Å². The number of hydrogen-bond donors (Lipinski definition) is 0. The average molecular weight is 508 g/mol. The Hall–Kier alpha value is -3.88. The highest BCUT2D eigenvalue weighted by Crippen LogP contribution is 2.20. The van der Waals surface area contributed by atoms with Gasteiger partial charge in [0.15, 0.2) is 5.82 Å². The van der Waals surface area contributed by atoms with E-state index >= 15 is 0 Å². The Balaban J connectivity index is 1.36. The van der Waals surface area contributed by atoms with Crippen LogP contribution in [0.5, 0.6) is 0 Å². The van der Waals surface area contributed by atoms with Gasteiger partial charge in [-0.05, 0) is 60.9 Å². The molecule has 0 aliphatic carbocycles. The number of anilines is 1. The molecule has 9 heteroatoms. The van der Waals surface area contributed by atoms with Crippen LogP contribution in [0.3, 0.4) is 0 Å². The predicted molar refractivity (Wildman–Crippen MR) is 138 cm³/mol. The van der Waals surface area contributed by atoms with E-state index in [0.29, 0.717) is 56.6 Å². The van der Waals surface area contributed by atoms with Crippen LogP contribution < -0.4 is 4.90 Å². The fourth-order valence-electron chi connectivity index (χ4n) is 4.19. The minimum Gasteiger partial charge on any atom is -0.352 e. The highest BCUT2D eigenvalue weighted by Gasteiger charge is 2.27. The van der Waals surface area contributed by atoms with Crippen molar-refractivity contribution in [3.8, 4) is 11.3 Å². The largest absolute Gasteiger partial charge is 0.352 e. The maximum absolute atomic E-state index is 14.3. The number of carbonyl (C=O) groups is 2. The third kappa shape index (κ3) is 6.67. The van der Waals surface area contributed by atoms with Crippen molar-refractivity contribution in [3.05, 3.63) is 77.9 Å². The molecule has 0 saturated carbocycles. The maximum atomic E-state index is 14.3. The quantitative estimate of drug-likeness (QED) is 0.456. The first-order chi connectivity index (χ1) is 17.8. The van der Waals surface area contributed by atoms with E-state index in [4.69, 9.17) is 0 Å². The standard InChI is InChI=1S/C28H31F2N5O2/c1-20(2)13-14-35(28(37)23-5-3-4-6-24(23)30)19-27(36)34-17-15-33(16-18-34)26-12-11-25(31-32-26)21-7-9-22(29)10-8-21/h3-12,20H,13-19H2,1-2H3. The third-order valence-corrected chi connectivity index (χ3v) is 6.44. The van der Waals surface area contributed by atoms with E-state index in [9.17, 15) is 18.4 Å². The van der Waals surface area contributed by atoms with Crippen molar-refractivity contribution in [1.29, 1.82) is 0 Å². The van der Waals surface area contributed by atoms with Gasteiger partial charge in [-0.15, -0.1) is 10.2 Å². The molecule has 2 aromatic carbocycles. The van der Waals surface area contributed by atoms with Crippen LogP contribution in [0.4, 0.5) is 14.6 Å². The van der Waals surface area contributed by atoms with Crippen LogP contribution in [0.15, 0.2) is 60.7 Å². The average Bonchev–Trinajstić information content (AvgIpc) is 2.91. The highest BCUT2D eigenvalue weighted by molar-refractivity contribution is 5.96. The molecule has 3 aromatic rings. The van der Waals surface area contributed by atoms with Crippen molar-refractivity contribution in [2.75, 3.05) is 44.2 Å². The van der Waals surface area contributed by atoms with Gasteiger partial charge < -0.3 is 14.7 Å². The number of rotatable bonds is 8. The Bertz CT molecular complexity index is 1210. The summed E-state index contributed by atoms with van der Waals surface area (Å²) in [5.74, 6) is -0.487. The summed E-state index contributed by atoms with van der Waals surface area (Å²) in [6.45, 7) is 6.48. The molecule has 0 atom stereocenters. The molecule has 1 aliphatic heterocycles. The Morgan fingerprint density at radius 3 is 2.24 bits per heavy atom. The monoisotopic (exact) mass is 507 g/mol. The lowest BCUT2D eigenvalue weighted by molar-refractivity contribution is -0.132. The van der Waals surface area contributed by atoms with E-state index in [1.807, 2.05) is 30.9 Å². The molecule has 37 heavy (non-hydrogen) atoms. The van der Waals surface area contributed by atoms with Gasteiger partial charge in [-0.1, -0.05) is 26.0 Å². The van der Waals surface area contributed by atoms with Crippen LogP contribution >= 0.6 is 0 Å². The molecule has 4 rings (SSSR count). The van der Waals surface area contributed by atoms with Gasteiger partial charge >= 0.3 is 0 Å². The molecule has 0 spiro atoms. The lowest BCUT2D eigenvalue weighted by Crippen LogP contribution is -2.52. The lowest BCUT2D eigenvalue weighted by Gasteiger charge is -2.36. The van der Waals surface area contributed by atoms with E-state index in [2.05, 4.69) is 10.2 Å². The van der Waals surface area contributed by atoms with Gasteiger partial charge in [0.1, 0.15) is 18.2 Å². The van der Waals surface area contributed by atoms with E-state index in [0.717, 1.165) is 5.56 Å². The number of amides is 2. The van der Waals surface area contributed by atoms with Crippen molar-refractivity contribution in [1.82, 2.24) is 20.0 Å². The summed E-state index contributed by atoms with van der Waals surface area (Å²) in [5.41, 5.74) is 1.41. The summed E-state index contributed by atoms with van der Waals surface area (Å²) in [6.07, 6.45) is 0.716. The molecular formula is C28H31F2N5O2. The number of carbonyl (C=O) groups excluding carboxylic acids is 2. The molecule has 2 amide bonds. The summed E-state index contributed by atoms with van der Waals surface area (Å²) in [7, 11) is 0. The second-order valence-electron chi connectivity index (χ2n) is 9.54. The number of benzene rings is 2. The second kappa shape index (κ2) is 11.9. The van der Waals surface area contributed by atoms with Crippen molar-refractivity contribution in [2.45, 2.75) is 20.3 Å². The van der Waals surface area contributed by atoms with Crippen LogP contribution in [0, 0.1) is 17.6 Å². The van der Waals surface area contributed by atoms with Crippen LogP contribution in [-0.2, 0) is 4.79 Å². The third-order valence-electron chi connectivity index (χ3n) is 6.44. The van der Waals surface area contributed by atoms with E-state index in [-0.39, 0.29) is 23.8 Å². The van der Waals surface area contributed by atoms with Crippen LogP contribution in [-0.4, -0.2) is 71.1 Å². The number of nitrogens with zero attached hydrogens (tertiary/aromatic N) is 5. The SMILES string of the molecule is CC(C)CCN(CC(=O)N1CCN(c2ccc(-c3ccc(F)cc3)nn2)CC1)C(=O)c1ccccc1F. The van der Waals surface area contributed by atoms with Gasteiger partial charge in [-0.3, -0.25) is 9.59 Å². The van der Waals surface area contributed by atoms with Crippen molar-refractivity contribution < 1.29 is 18.4 Å². The first-order valence-corrected chi connectivity index (χ1v) is 12.5. The molecule has 1 saturated heterocycles. The molecule has 0 N–H and O–H groups in total. The van der Waals surface area contributed by atoms with Gasteiger partial charge in [0.05, 0.1) is 11.3 Å². The molecule has 2 heterocycles. The molecule has 1 fully saturated rings. The Morgan fingerprint density at radius 2 is 1.62 bits per heavy atom. The van der Waals surface area contributed by atoms with Gasteiger partial charge in [-0.25, -0.2) is 8.78 Å². The van der Waals surface area contributed by atoms with Gasteiger partial charge in [0.25, 0.3) is 5.91 Å². The number of aromatic nitrogens is 2. The van der Waals surface area contributed by atoms with E-state index in [1.54, 1.807) is 23.1 Å². The van der Waals surface area contributed by atoms with Crippen LogP contribution in [0.25, 0.3) is 11.3 Å². The van der Waals surface area contributed by atoms with Crippen molar-refractivity contribution in [2.24, 2.45) is 5.92 Å². The molecule has 0 radical (unpaired) electrons. The number of piperazine rings is 1. The minimum atomic E-state index is -0.588. The molecule has 0 bridgehead atoms. The minimum absolute atomic E-state index is 0.0217. The smallest absolute Gasteiger partial charge is 0.257 e. The Morgan fingerprint density at radius 1 is 0.919 bits per heavy atom. The molecule has 0 unspecified atom stereocenters. The summed E-state index contributed by atoms with van der Waals surface area (Å²) in [5, 5.41) is 8.58. The predicted octanol–water partition coefficient (Wildman–Crippen LogP) is 4.26. The summed E-state index contributed by atoms with van der Waals surface area (Å²) in [4.78, 5) is 31.4. The zero-order valence-electron chi connectivity index (χ0n) is 21.1. The van der Waals surface area contributed by atoms with Crippen LogP contribution in [0.2, 0.25) is 0 Å². The van der Waals surface area contributed by atoms with E-state index < -0.39 is 11.7 Å². The lowest BCUT2D eigenvalue weighted by atomic mass is 10.1.